The summed E-state index contributed by atoms with van der Waals surface area (Å²) < 4.78 is 0. The van der Waals surface area contributed by atoms with Gasteiger partial charge in [-0.2, -0.15) is 0 Å². The van der Waals surface area contributed by atoms with Crippen molar-refractivity contribution in [2.75, 3.05) is 65.4 Å². The van der Waals surface area contributed by atoms with E-state index in [4.69, 9.17) is 4.99 Å². The average molecular weight is 414 g/mol. The van der Waals surface area contributed by atoms with Crippen LogP contribution in [0.5, 0.6) is 0 Å². The first-order valence-corrected chi connectivity index (χ1v) is 12.2. The Bertz CT molecular complexity index is 624. The van der Waals surface area contributed by atoms with E-state index in [-0.39, 0.29) is 0 Å². The molecule has 2 saturated heterocycles. The third kappa shape index (κ3) is 6.71. The van der Waals surface area contributed by atoms with Gasteiger partial charge in [0.15, 0.2) is 5.96 Å². The number of hydrogen-bond donors (Lipinski definition) is 1. The van der Waals surface area contributed by atoms with Gasteiger partial charge in [-0.1, -0.05) is 44.2 Å². The summed E-state index contributed by atoms with van der Waals surface area (Å²) >= 11 is 0. The summed E-state index contributed by atoms with van der Waals surface area (Å²) in [5.74, 6) is 2.43. The van der Waals surface area contributed by atoms with Crippen LogP contribution in [0.2, 0.25) is 0 Å². The lowest BCUT2D eigenvalue weighted by Gasteiger charge is -2.39. The van der Waals surface area contributed by atoms with Crippen molar-refractivity contribution in [1.29, 1.82) is 0 Å². The monoisotopic (exact) mass is 413 g/mol. The first kappa shape index (κ1) is 23.1. The average Bonchev–Trinajstić information content (AvgIpc) is 2.79. The zero-order valence-corrected chi connectivity index (χ0v) is 19.5. The Morgan fingerprint density at radius 2 is 1.73 bits per heavy atom. The molecule has 5 heteroatoms. The number of nitrogens with one attached hydrogen (secondary N) is 1. The molecule has 1 aromatic rings. The Hall–Kier alpha value is -1.59. The van der Waals surface area contributed by atoms with Crippen LogP contribution in [0.25, 0.3) is 0 Å². The van der Waals surface area contributed by atoms with E-state index in [9.17, 15) is 0 Å². The van der Waals surface area contributed by atoms with Crippen molar-refractivity contribution in [3.8, 4) is 0 Å². The molecule has 1 N–H and O–H groups in total. The molecule has 0 amide bonds. The number of hydrogen-bond acceptors (Lipinski definition) is 3. The fourth-order valence-electron chi connectivity index (χ4n) is 4.92. The van der Waals surface area contributed by atoms with E-state index < -0.39 is 0 Å². The maximum Gasteiger partial charge on any atom is 0.193 e. The second-order valence-corrected chi connectivity index (χ2v) is 8.95. The summed E-state index contributed by atoms with van der Waals surface area (Å²) in [4.78, 5) is 12.6. The molecule has 0 radical (unpaired) electrons. The second kappa shape index (κ2) is 12.3. The van der Waals surface area contributed by atoms with Crippen LogP contribution in [0.3, 0.4) is 0 Å². The maximum atomic E-state index is 4.98. The van der Waals surface area contributed by atoms with Gasteiger partial charge in [0.2, 0.25) is 0 Å². The minimum absolute atomic E-state index is 0.645. The van der Waals surface area contributed by atoms with E-state index >= 15 is 0 Å². The summed E-state index contributed by atoms with van der Waals surface area (Å²) in [6, 6.07) is 11.0. The highest BCUT2D eigenvalue weighted by atomic mass is 15.3. The fraction of sp³-hybridized carbons (Fsp3) is 0.720. The molecule has 1 aromatic carbocycles. The van der Waals surface area contributed by atoms with E-state index in [0.717, 1.165) is 32.1 Å². The molecule has 0 saturated carbocycles. The Kier molecular flexibility index (Phi) is 9.47. The number of piperazine rings is 1. The first-order chi connectivity index (χ1) is 14.7. The van der Waals surface area contributed by atoms with Gasteiger partial charge in [-0.05, 0) is 56.7 Å². The van der Waals surface area contributed by atoms with Crippen molar-refractivity contribution < 1.29 is 0 Å². The molecule has 2 unspecified atom stereocenters. The predicted molar refractivity (Wildman–Crippen MR) is 128 cm³/mol. The van der Waals surface area contributed by atoms with Gasteiger partial charge in [0.05, 0.1) is 0 Å². The fourth-order valence-corrected chi connectivity index (χ4v) is 4.92. The summed E-state index contributed by atoms with van der Waals surface area (Å²) in [5, 5.41) is 3.54. The first-order valence-electron chi connectivity index (χ1n) is 12.2. The van der Waals surface area contributed by atoms with E-state index in [1.807, 2.05) is 0 Å². The van der Waals surface area contributed by atoms with E-state index in [2.05, 4.69) is 71.1 Å². The van der Waals surface area contributed by atoms with Gasteiger partial charge in [0.1, 0.15) is 0 Å². The number of nitrogens with zero attached hydrogens (tertiary/aromatic N) is 4. The van der Waals surface area contributed by atoms with E-state index in [0.29, 0.717) is 11.8 Å². The summed E-state index contributed by atoms with van der Waals surface area (Å²) in [7, 11) is 0. The van der Waals surface area contributed by atoms with Crippen molar-refractivity contribution in [2.24, 2.45) is 10.9 Å². The number of likely N-dealkylation sites (tertiary alicyclic amines) is 1. The molecule has 2 aliphatic rings. The van der Waals surface area contributed by atoms with Crippen molar-refractivity contribution in [3.05, 3.63) is 35.9 Å². The van der Waals surface area contributed by atoms with E-state index in [1.165, 1.54) is 64.1 Å². The minimum Gasteiger partial charge on any atom is -0.357 e. The zero-order chi connectivity index (χ0) is 21.2. The minimum atomic E-state index is 0.645. The normalized spacial score (nSPS) is 24.2. The van der Waals surface area contributed by atoms with Crippen molar-refractivity contribution in [1.82, 2.24) is 20.0 Å². The van der Waals surface area contributed by atoms with Crippen LogP contribution in [0, 0.1) is 5.92 Å². The Morgan fingerprint density at radius 1 is 1.00 bits per heavy atom. The summed E-state index contributed by atoms with van der Waals surface area (Å²) in [6.45, 7) is 18.2. The third-order valence-electron chi connectivity index (χ3n) is 6.82. The van der Waals surface area contributed by atoms with Gasteiger partial charge >= 0.3 is 0 Å². The topological polar surface area (TPSA) is 34.1 Å². The molecule has 5 nitrogen and oxygen atoms in total. The van der Waals surface area contributed by atoms with Crippen LogP contribution in [-0.2, 0) is 0 Å². The molecule has 2 aliphatic heterocycles. The van der Waals surface area contributed by atoms with Crippen molar-refractivity contribution in [3.63, 3.8) is 0 Å². The van der Waals surface area contributed by atoms with Gasteiger partial charge in [-0.25, -0.2) is 0 Å². The highest BCUT2D eigenvalue weighted by Crippen LogP contribution is 2.32. The van der Waals surface area contributed by atoms with Gasteiger partial charge in [-0.15, -0.1) is 0 Å². The molecular formula is C25H43N5. The molecule has 2 heterocycles. The largest absolute Gasteiger partial charge is 0.357 e. The summed E-state index contributed by atoms with van der Waals surface area (Å²) in [5.41, 5.74) is 1.49. The summed E-state index contributed by atoms with van der Waals surface area (Å²) in [6.07, 6.45) is 3.64. The van der Waals surface area contributed by atoms with Gasteiger partial charge in [-0.3, -0.25) is 4.99 Å². The zero-order valence-electron chi connectivity index (χ0n) is 19.5. The van der Waals surface area contributed by atoms with Crippen LogP contribution >= 0.6 is 0 Å². The number of likely N-dealkylation sites (N-methyl/N-ethyl adjacent to an activating group) is 1. The molecule has 168 valence electrons. The number of piperidine rings is 1. The molecule has 3 rings (SSSR count). The van der Waals surface area contributed by atoms with Crippen LogP contribution in [0.15, 0.2) is 35.3 Å². The molecule has 0 bridgehead atoms. The Balaban J connectivity index is 1.42. The second-order valence-electron chi connectivity index (χ2n) is 8.95. The number of benzene rings is 1. The predicted octanol–water partition coefficient (Wildman–Crippen LogP) is 3.50. The smallest absolute Gasteiger partial charge is 0.193 e. The Labute approximate surface area is 184 Å². The standard InChI is InChI=1S/C25H43N5/c1-4-26-25(27-14-9-10-15-29-19-17-28(5-2)18-20-29)30-16-13-24(22(3)21-30)23-11-7-6-8-12-23/h6-8,11-12,22,24H,4-5,9-10,13-21H2,1-3H3,(H,26,27). The molecule has 30 heavy (non-hydrogen) atoms. The van der Waals surface area contributed by atoms with Crippen molar-refractivity contribution in [2.45, 2.75) is 46.0 Å². The highest BCUT2D eigenvalue weighted by Gasteiger charge is 2.28. The molecular weight excluding hydrogens is 370 g/mol. The SMILES string of the molecule is CCNC(=NCCCCN1CCN(CC)CC1)N1CCC(c2ccccc2)C(C)C1. The van der Waals surface area contributed by atoms with Crippen LogP contribution < -0.4 is 5.32 Å². The number of rotatable bonds is 8. The number of guanidine groups is 1. The molecule has 0 aliphatic carbocycles. The van der Waals surface area contributed by atoms with Crippen LogP contribution in [0.1, 0.15) is 51.5 Å². The Morgan fingerprint density at radius 3 is 2.40 bits per heavy atom. The van der Waals surface area contributed by atoms with E-state index in [1.54, 1.807) is 0 Å². The van der Waals surface area contributed by atoms with Crippen LogP contribution in [0.4, 0.5) is 0 Å². The van der Waals surface area contributed by atoms with Gasteiger partial charge in [0, 0.05) is 52.4 Å². The lowest BCUT2D eigenvalue weighted by atomic mass is 9.82. The molecule has 2 atom stereocenters. The third-order valence-corrected chi connectivity index (χ3v) is 6.82. The van der Waals surface area contributed by atoms with Crippen molar-refractivity contribution >= 4 is 5.96 Å². The van der Waals surface area contributed by atoms with Gasteiger partial charge in [0.25, 0.3) is 0 Å². The maximum absolute atomic E-state index is 4.98. The lowest BCUT2D eigenvalue weighted by molar-refractivity contribution is 0.136. The lowest BCUT2D eigenvalue weighted by Crippen LogP contribution is -2.48. The quantitative estimate of drug-likeness (QED) is 0.402. The molecule has 0 spiro atoms. The highest BCUT2D eigenvalue weighted by molar-refractivity contribution is 5.80. The molecule has 0 aromatic heterocycles. The number of aliphatic imine (C=N–C) groups is 1. The van der Waals surface area contributed by atoms with Crippen LogP contribution in [-0.4, -0.2) is 86.1 Å². The number of unbranched alkanes of at least 4 members (excludes halogenated alkanes) is 1. The molecule has 2 fully saturated rings. The van der Waals surface area contributed by atoms with Gasteiger partial charge < -0.3 is 20.0 Å².